The van der Waals surface area contributed by atoms with Crippen LogP contribution in [0.15, 0.2) is 48.0 Å². The van der Waals surface area contributed by atoms with Gasteiger partial charge in [-0.1, -0.05) is 29.8 Å². The number of benzene rings is 1. The molecule has 1 saturated heterocycles. The van der Waals surface area contributed by atoms with Gasteiger partial charge < -0.3 is 10.2 Å². The second-order valence-corrected chi connectivity index (χ2v) is 7.66. The largest absolute Gasteiger partial charge is 0.353 e. The van der Waals surface area contributed by atoms with Gasteiger partial charge in [0.25, 0.3) is 0 Å². The summed E-state index contributed by atoms with van der Waals surface area (Å²) >= 11 is 1.45. The van der Waals surface area contributed by atoms with Crippen molar-refractivity contribution in [3.05, 3.63) is 53.5 Å². The van der Waals surface area contributed by atoms with Gasteiger partial charge in [0.05, 0.1) is 12.2 Å². The van der Waals surface area contributed by atoms with E-state index in [-0.39, 0.29) is 5.91 Å². The van der Waals surface area contributed by atoms with Crippen molar-refractivity contribution in [2.24, 2.45) is 0 Å². The smallest absolute Gasteiger partial charge is 0.240 e. The number of carbonyl (C=O) groups is 1. The van der Waals surface area contributed by atoms with E-state index in [4.69, 9.17) is 0 Å². The zero-order chi connectivity index (χ0) is 19.3. The van der Waals surface area contributed by atoms with Crippen LogP contribution in [0, 0.1) is 6.92 Å². The molecule has 0 spiro atoms. The number of carbonyl (C=O) groups excluding carboxylic acids is 1. The Labute approximate surface area is 168 Å². The first-order valence-electron chi connectivity index (χ1n) is 9.25. The predicted octanol–water partition coefficient (Wildman–Crippen LogP) is 2.67. The average molecular weight is 395 g/mol. The van der Waals surface area contributed by atoms with E-state index in [1.807, 2.05) is 29.6 Å². The summed E-state index contributed by atoms with van der Waals surface area (Å²) in [5.74, 6) is 0.857. The van der Waals surface area contributed by atoms with Crippen LogP contribution in [0.1, 0.15) is 5.56 Å². The molecular formula is C20H22N6OS. The molecule has 3 heterocycles. The molecule has 4 rings (SSSR count). The monoisotopic (exact) mass is 394 g/mol. The summed E-state index contributed by atoms with van der Waals surface area (Å²) in [5.41, 5.74) is 3.16. The first-order valence-corrected chi connectivity index (χ1v) is 10.1. The quantitative estimate of drug-likeness (QED) is 0.717. The number of rotatable bonds is 5. The van der Waals surface area contributed by atoms with Crippen LogP contribution in [0.3, 0.4) is 0 Å². The summed E-state index contributed by atoms with van der Waals surface area (Å²) in [6.45, 7) is 5.73. The zero-order valence-corrected chi connectivity index (χ0v) is 16.5. The third-order valence-corrected chi connectivity index (χ3v) is 5.48. The van der Waals surface area contributed by atoms with E-state index in [9.17, 15) is 4.79 Å². The number of hydrogen-bond donors (Lipinski definition) is 1. The van der Waals surface area contributed by atoms with E-state index < -0.39 is 0 Å². The lowest BCUT2D eigenvalue weighted by Gasteiger charge is -2.34. The van der Waals surface area contributed by atoms with E-state index in [0.29, 0.717) is 11.7 Å². The SMILES string of the molecule is Cc1ccc(-c2csc(NC(=O)CN3CCN(c4cccnn4)CC3)n2)cc1. The second-order valence-electron chi connectivity index (χ2n) is 6.80. The molecule has 0 saturated carbocycles. The van der Waals surface area contributed by atoms with Crippen molar-refractivity contribution in [1.82, 2.24) is 20.1 Å². The average Bonchev–Trinajstić information content (AvgIpc) is 3.18. The molecule has 1 aromatic carbocycles. The second kappa shape index (κ2) is 8.45. The Kier molecular flexibility index (Phi) is 5.59. The number of amides is 1. The van der Waals surface area contributed by atoms with E-state index in [1.54, 1.807) is 6.20 Å². The van der Waals surface area contributed by atoms with Gasteiger partial charge in [-0.3, -0.25) is 9.69 Å². The highest BCUT2D eigenvalue weighted by Gasteiger charge is 2.20. The number of nitrogens with one attached hydrogen (secondary N) is 1. The third-order valence-electron chi connectivity index (χ3n) is 4.72. The van der Waals surface area contributed by atoms with E-state index in [2.05, 4.69) is 49.4 Å². The molecular weight excluding hydrogens is 372 g/mol. The van der Waals surface area contributed by atoms with Crippen molar-refractivity contribution in [3.63, 3.8) is 0 Å². The molecule has 0 atom stereocenters. The van der Waals surface area contributed by atoms with Crippen molar-refractivity contribution in [1.29, 1.82) is 0 Å². The molecule has 1 aliphatic rings. The van der Waals surface area contributed by atoms with Crippen molar-refractivity contribution < 1.29 is 4.79 Å². The van der Waals surface area contributed by atoms with Gasteiger partial charge in [0, 0.05) is 43.3 Å². The van der Waals surface area contributed by atoms with E-state index in [0.717, 1.165) is 43.3 Å². The number of hydrogen-bond acceptors (Lipinski definition) is 7. The molecule has 1 N–H and O–H groups in total. The lowest BCUT2D eigenvalue weighted by Crippen LogP contribution is -2.49. The molecule has 0 bridgehead atoms. The van der Waals surface area contributed by atoms with Crippen LogP contribution in [0.25, 0.3) is 11.3 Å². The number of nitrogens with zero attached hydrogens (tertiary/aromatic N) is 5. The maximum Gasteiger partial charge on any atom is 0.240 e. The number of anilines is 2. The van der Waals surface area contributed by atoms with Crippen LogP contribution >= 0.6 is 11.3 Å². The molecule has 1 amide bonds. The van der Waals surface area contributed by atoms with Crippen LogP contribution < -0.4 is 10.2 Å². The van der Waals surface area contributed by atoms with Crippen LogP contribution in [-0.4, -0.2) is 58.7 Å². The fourth-order valence-electron chi connectivity index (χ4n) is 3.15. The number of aromatic nitrogens is 3. The van der Waals surface area contributed by atoms with E-state index in [1.165, 1.54) is 16.9 Å². The maximum atomic E-state index is 12.4. The minimum atomic E-state index is -0.0299. The van der Waals surface area contributed by atoms with Crippen molar-refractivity contribution in [2.75, 3.05) is 42.9 Å². The first-order chi connectivity index (χ1) is 13.7. The van der Waals surface area contributed by atoms with Crippen LogP contribution in [0.5, 0.6) is 0 Å². The van der Waals surface area contributed by atoms with Gasteiger partial charge in [-0.05, 0) is 19.1 Å². The van der Waals surface area contributed by atoms with Gasteiger partial charge >= 0.3 is 0 Å². The summed E-state index contributed by atoms with van der Waals surface area (Å²) in [4.78, 5) is 21.3. The molecule has 1 fully saturated rings. The molecule has 0 aliphatic carbocycles. The molecule has 28 heavy (non-hydrogen) atoms. The molecule has 144 valence electrons. The van der Waals surface area contributed by atoms with Gasteiger partial charge in [0.15, 0.2) is 10.9 Å². The fraction of sp³-hybridized carbons (Fsp3) is 0.300. The van der Waals surface area contributed by atoms with Gasteiger partial charge in [-0.25, -0.2) is 4.98 Å². The highest BCUT2D eigenvalue weighted by molar-refractivity contribution is 7.14. The maximum absolute atomic E-state index is 12.4. The molecule has 0 unspecified atom stereocenters. The third kappa shape index (κ3) is 4.52. The minimum absolute atomic E-state index is 0.0299. The number of thiazole rings is 1. The van der Waals surface area contributed by atoms with Crippen molar-refractivity contribution in [2.45, 2.75) is 6.92 Å². The Morgan fingerprint density at radius 1 is 1.14 bits per heavy atom. The lowest BCUT2D eigenvalue weighted by atomic mass is 10.1. The van der Waals surface area contributed by atoms with E-state index >= 15 is 0 Å². The molecule has 2 aromatic heterocycles. The Balaban J connectivity index is 1.28. The van der Waals surface area contributed by atoms with Gasteiger partial charge in [-0.15, -0.1) is 16.4 Å². The topological polar surface area (TPSA) is 74.2 Å². The molecule has 8 heteroatoms. The summed E-state index contributed by atoms with van der Waals surface area (Å²) in [5, 5.41) is 13.6. The minimum Gasteiger partial charge on any atom is -0.353 e. The van der Waals surface area contributed by atoms with Crippen LogP contribution in [0.4, 0.5) is 10.9 Å². The van der Waals surface area contributed by atoms with Crippen molar-refractivity contribution in [3.8, 4) is 11.3 Å². The lowest BCUT2D eigenvalue weighted by molar-refractivity contribution is -0.117. The highest BCUT2D eigenvalue weighted by Crippen LogP contribution is 2.25. The van der Waals surface area contributed by atoms with Gasteiger partial charge in [0.2, 0.25) is 5.91 Å². The number of piperazine rings is 1. The van der Waals surface area contributed by atoms with Crippen LogP contribution in [0.2, 0.25) is 0 Å². The molecule has 7 nitrogen and oxygen atoms in total. The fourth-order valence-corrected chi connectivity index (χ4v) is 3.88. The predicted molar refractivity (Wildman–Crippen MR) is 112 cm³/mol. The Bertz CT molecular complexity index is 919. The van der Waals surface area contributed by atoms with Gasteiger partial charge in [-0.2, -0.15) is 5.10 Å². The Morgan fingerprint density at radius 2 is 1.93 bits per heavy atom. The van der Waals surface area contributed by atoms with Crippen LogP contribution in [-0.2, 0) is 4.79 Å². The Morgan fingerprint density at radius 3 is 2.64 bits per heavy atom. The molecule has 0 radical (unpaired) electrons. The van der Waals surface area contributed by atoms with Gasteiger partial charge in [0.1, 0.15) is 0 Å². The summed E-state index contributed by atoms with van der Waals surface area (Å²) < 4.78 is 0. The Hall–Kier alpha value is -2.84. The summed E-state index contributed by atoms with van der Waals surface area (Å²) in [7, 11) is 0. The first kappa shape index (κ1) is 18.5. The summed E-state index contributed by atoms with van der Waals surface area (Å²) in [6, 6.07) is 12.1. The number of aryl methyl sites for hydroxylation is 1. The zero-order valence-electron chi connectivity index (χ0n) is 15.7. The standard InChI is InChI=1S/C20H22N6OS/c1-15-4-6-16(7-5-15)17-14-28-20(22-17)23-19(27)13-25-9-11-26(12-10-25)18-3-2-8-21-24-18/h2-8,14H,9-13H2,1H3,(H,22,23,27). The molecule has 3 aromatic rings. The normalized spacial score (nSPS) is 14.8. The highest BCUT2D eigenvalue weighted by atomic mass is 32.1. The summed E-state index contributed by atoms with van der Waals surface area (Å²) in [6.07, 6.45) is 1.67. The van der Waals surface area contributed by atoms with Crippen molar-refractivity contribution >= 4 is 28.2 Å². The molecule has 1 aliphatic heterocycles.